The summed E-state index contributed by atoms with van der Waals surface area (Å²) in [6, 6.07) is 0. The number of aromatic nitrogens is 2. The van der Waals surface area contributed by atoms with Gasteiger partial charge in [0.25, 0.3) is 0 Å². The maximum Gasteiger partial charge on any atom is 0.490 e. The van der Waals surface area contributed by atoms with Gasteiger partial charge in [-0.3, -0.25) is 4.98 Å². The molecule has 1 aliphatic heterocycles. The van der Waals surface area contributed by atoms with E-state index >= 15 is 0 Å². The lowest BCUT2D eigenvalue weighted by Gasteiger charge is -2.42. The normalized spacial score (nSPS) is 26.7. The summed E-state index contributed by atoms with van der Waals surface area (Å²) in [5.41, 5.74) is 0. The van der Waals surface area contributed by atoms with Crippen molar-refractivity contribution in [1.82, 2.24) is 15.3 Å². The number of piperidine rings is 1. The minimum atomic E-state index is -5.08. The molecule has 1 saturated carbocycles. The van der Waals surface area contributed by atoms with Crippen molar-refractivity contribution in [2.45, 2.75) is 31.5 Å². The molecule has 1 aromatic rings. The first-order chi connectivity index (χ1) is 10.9. The molecule has 0 radical (unpaired) electrons. The molecule has 2 aliphatic rings. The highest BCUT2D eigenvalue weighted by Crippen LogP contribution is 2.34. The van der Waals surface area contributed by atoms with Gasteiger partial charge in [0.05, 0.1) is 6.20 Å². The van der Waals surface area contributed by atoms with Gasteiger partial charge in [-0.25, -0.2) is 9.78 Å². The summed E-state index contributed by atoms with van der Waals surface area (Å²) < 4.78 is 37.7. The number of carbonyl (C=O) groups is 1. The van der Waals surface area contributed by atoms with E-state index in [1.807, 2.05) is 0 Å². The average Bonchev–Trinajstić information content (AvgIpc) is 2.47. The second-order valence-electron chi connectivity index (χ2n) is 5.54. The molecule has 2 N–H and O–H groups in total. The zero-order chi connectivity index (χ0) is 16.9. The Bertz CT molecular complexity index is 491. The number of ether oxygens (including phenoxy) is 1. The number of nitrogens with one attached hydrogen (secondary N) is 1. The van der Waals surface area contributed by atoms with Crippen molar-refractivity contribution in [2.24, 2.45) is 11.8 Å². The van der Waals surface area contributed by atoms with Crippen LogP contribution in [0.2, 0.25) is 0 Å². The van der Waals surface area contributed by atoms with Gasteiger partial charge >= 0.3 is 12.1 Å². The lowest BCUT2D eigenvalue weighted by molar-refractivity contribution is -0.192. The number of nitrogens with zero attached hydrogens (tertiary/aromatic N) is 2. The molecule has 9 heteroatoms. The minimum absolute atomic E-state index is 0.340. The molecule has 0 aromatic carbocycles. The Morgan fingerprint density at radius 3 is 2.35 bits per heavy atom. The van der Waals surface area contributed by atoms with Crippen LogP contribution < -0.4 is 10.1 Å². The van der Waals surface area contributed by atoms with Crippen LogP contribution in [0.25, 0.3) is 0 Å². The molecule has 3 rings (SSSR count). The number of rotatable bonds is 2. The van der Waals surface area contributed by atoms with E-state index in [2.05, 4.69) is 15.3 Å². The van der Waals surface area contributed by atoms with E-state index < -0.39 is 12.1 Å². The molecule has 2 fully saturated rings. The molecule has 23 heavy (non-hydrogen) atoms. The summed E-state index contributed by atoms with van der Waals surface area (Å²) in [4.78, 5) is 17.1. The molecule has 6 nitrogen and oxygen atoms in total. The van der Waals surface area contributed by atoms with Crippen molar-refractivity contribution < 1.29 is 27.8 Å². The third kappa shape index (κ3) is 5.05. The van der Waals surface area contributed by atoms with Crippen LogP contribution in [0.15, 0.2) is 18.6 Å². The largest absolute Gasteiger partial charge is 0.490 e. The van der Waals surface area contributed by atoms with E-state index in [0.29, 0.717) is 23.8 Å². The number of hydrogen-bond acceptors (Lipinski definition) is 5. The van der Waals surface area contributed by atoms with Crippen LogP contribution in [0.4, 0.5) is 13.2 Å². The van der Waals surface area contributed by atoms with Gasteiger partial charge in [0.2, 0.25) is 5.88 Å². The smallest absolute Gasteiger partial charge is 0.475 e. The lowest BCUT2D eigenvalue weighted by atomic mass is 9.76. The van der Waals surface area contributed by atoms with Crippen LogP contribution in [-0.2, 0) is 4.79 Å². The van der Waals surface area contributed by atoms with Crippen LogP contribution >= 0.6 is 0 Å². The van der Waals surface area contributed by atoms with E-state index in [0.717, 1.165) is 13.1 Å². The number of hydrogen-bond donors (Lipinski definition) is 2. The van der Waals surface area contributed by atoms with Gasteiger partial charge in [0.1, 0.15) is 6.10 Å². The number of aliphatic carboxylic acids is 1. The van der Waals surface area contributed by atoms with Crippen molar-refractivity contribution in [3.8, 4) is 5.88 Å². The summed E-state index contributed by atoms with van der Waals surface area (Å²) in [7, 11) is 0. The fourth-order valence-electron chi connectivity index (χ4n) is 2.92. The van der Waals surface area contributed by atoms with Crippen LogP contribution in [0.3, 0.4) is 0 Å². The van der Waals surface area contributed by atoms with Crippen LogP contribution in [0.5, 0.6) is 5.88 Å². The highest BCUT2D eigenvalue weighted by atomic mass is 19.4. The summed E-state index contributed by atoms with van der Waals surface area (Å²) in [5.74, 6) is -0.789. The first-order valence-corrected chi connectivity index (χ1v) is 7.31. The van der Waals surface area contributed by atoms with E-state index in [4.69, 9.17) is 14.6 Å². The molecule has 2 heterocycles. The molecule has 1 aliphatic carbocycles. The van der Waals surface area contributed by atoms with Crippen molar-refractivity contribution in [1.29, 1.82) is 0 Å². The third-order valence-corrected chi connectivity index (χ3v) is 3.93. The van der Waals surface area contributed by atoms with Gasteiger partial charge in [-0.2, -0.15) is 13.2 Å². The topological polar surface area (TPSA) is 84.3 Å². The summed E-state index contributed by atoms with van der Waals surface area (Å²) in [5, 5.41) is 10.6. The van der Waals surface area contributed by atoms with Gasteiger partial charge in [-0.05, 0) is 12.8 Å². The Morgan fingerprint density at radius 1 is 1.26 bits per heavy atom. The number of carboxylic acids is 1. The molecule has 1 aromatic heterocycles. The maximum atomic E-state index is 10.6. The highest BCUT2D eigenvalue weighted by molar-refractivity contribution is 5.73. The zero-order valence-corrected chi connectivity index (χ0v) is 12.3. The monoisotopic (exact) mass is 333 g/mol. The van der Waals surface area contributed by atoms with Crippen LogP contribution in [0, 0.1) is 11.8 Å². The van der Waals surface area contributed by atoms with E-state index in [1.165, 1.54) is 19.3 Å². The molecule has 0 spiro atoms. The Morgan fingerprint density at radius 2 is 1.87 bits per heavy atom. The number of fused-ring (bicyclic) bond motifs is 2. The standard InChI is InChI=1S/C12H17N3O.C2HF3O2/c1-2-9-6-14-7-10(3-1)12(9)16-11-8-13-4-5-15-11;3-2(4,5)1(6)7/h4-5,8-10,12,14H,1-3,6-7H2;(H,6,7)/t9-,10+,12-;. The summed E-state index contributed by atoms with van der Waals surface area (Å²) >= 11 is 0. The van der Waals surface area contributed by atoms with Gasteiger partial charge < -0.3 is 15.2 Å². The molecule has 128 valence electrons. The lowest BCUT2D eigenvalue weighted by Crippen LogP contribution is -2.52. The van der Waals surface area contributed by atoms with Gasteiger partial charge in [0, 0.05) is 37.3 Å². The van der Waals surface area contributed by atoms with Gasteiger partial charge in [0.15, 0.2) is 0 Å². The predicted molar refractivity (Wildman–Crippen MR) is 73.8 cm³/mol. The quantitative estimate of drug-likeness (QED) is 0.860. The zero-order valence-electron chi connectivity index (χ0n) is 12.3. The maximum absolute atomic E-state index is 10.6. The Kier molecular flexibility index (Phi) is 5.75. The second kappa shape index (κ2) is 7.58. The van der Waals surface area contributed by atoms with Crippen LogP contribution in [-0.4, -0.2) is 46.4 Å². The first kappa shape index (κ1) is 17.5. The predicted octanol–water partition coefficient (Wildman–Crippen LogP) is 1.88. The third-order valence-electron chi connectivity index (χ3n) is 3.93. The molecule has 1 saturated heterocycles. The van der Waals surface area contributed by atoms with Gasteiger partial charge in [-0.15, -0.1) is 0 Å². The van der Waals surface area contributed by atoms with Gasteiger partial charge in [-0.1, -0.05) is 6.42 Å². The number of halogens is 3. The Hall–Kier alpha value is -1.90. The van der Waals surface area contributed by atoms with Crippen molar-refractivity contribution in [3.63, 3.8) is 0 Å². The SMILES string of the molecule is O=C(O)C(F)(F)F.c1cnc(O[C@@H]2[C@@H]3CCC[C@H]2CNC3)cn1. The number of carboxylic acid groups (broad SMARTS) is 1. The van der Waals surface area contributed by atoms with Crippen molar-refractivity contribution >= 4 is 5.97 Å². The first-order valence-electron chi connectivity index (χ1n) is 7.31. The minimum Gasteiger partial charge on any atom is -0.475 e. The Balaban J connectivity index is 0.000000236. The Labute approximate surface area is 131 Å². The average molecular weight is 333 g/mol. The molecule has 2 bridgehead atoms. The summed E-state index contributed by atoms with van der Waals surface area (Å²) in [6.45, 7) is 2.17. The fourth-order valence-corrected chi connectivity index (χ4v) is 2.92. The van der Waals surface area contributed by atoms with E-state index in [9.17, 15) is 13.2 Å². The number of alkyl halides is 3. The van der Waals surface area contributed by atoms with Crippen LogP contribution in [0.1, 0.15) is 19.3 Å². The molecule has 3 atom stereocenters. The van der Waals surface area contributed by atoms with Crippen molar-refractivity contribution in [3.05, 3.63) is 18.6 Å². The molecular formula is C14H18F3N3O3. The molecule has 0 unspecified atom stereocenters. The van der Waals surface area contributed by atoms with E-state index in [1.54, 1.807) is 18.6 Å². The highest BCUT2D eigenvalue weighted by Gasteiger charge is 2.38. The summed E-state index contributed by atoms with van der Waals surface area (Å²) in [6.07, 6.45) is 4.21. The fraction of sp³-hybridized carbons (Fsp3) is 0.643. The molecule has 0 amide bonds. The van der Waals surface area contributed by atoms with Crippen molar-refractivity contribution in [2.75, 3.05) is 13.1 Å². The molecular weight excluding hydrogens is 315 g/mol. The van der Waals surface area contributed by atoms with E-state index in [-0.39, 0.29) is 0 Å². The second-order valence-corrected chi connectivity index (χ2v) is 5.54.